The van der Waals surface area contributed by atoms with Crippen molar-refractivity contribution in [2.75, 3.05) is 16.0 Å². The summed E-state index contributed by atoms with van der Waals surface area (Å²) in [4.78, 5) is 37.0. The highest BCUT2D eigenvalue weighted by Gasteiger charge is 2.17. The molecule has 0 radical (unpaired) electrons. The van der Waals surface area contributed by atoms with Crippen LogP contribution in [0.15, 0.2) is 78.9 Å². The van der Waals surface area contributed by atoms with E-state index in [1.807, 2.05) is 44.2 Å². The van der Waals surface area contributed by atoms with Gasteiger partial charge in [0.25, 0.3) is 11.8 Å². The van der Waals surface area contributed by atoms with Crippen LogP contribution in [0.1, 0.15) is 39.0 Å². The highest BCUT2D eigenvalue weighted by Crippen LogP contribution is 2.24. The standard InChI is InChI=1S/C27H25N5O3/c1-17-25(18(2)32(31-17)22-9-5-4-6-10-22)30-26(34)20-13-15-21(16-14-20)29-27(35)23-11-7-8-12-24(23)28-19(3)33/h4-16H,1-3H3,(H,28,33)(H,29,35)(H,30,34). The molecule has 8 heteroatoms. The molecule has 0 bridgehead atoms. The van der Waals surface area contributed by atoms with E-state index in [-0.39, 0.29) is 17.7 Å². The van der Waals surface area contributed by atoms with Crippen molar-refractivity contribution in [2.45, 2.75) is 20.8 Å². The summed E-state index contributed by atoms with van der Waals surface area (Å²) in [5.41, 5.74) is 4.83. The van der Waals surface area contributed by atoms with Gasteiger partial charge in [-0.25, -0.2) is 4.68 Å². The third-order valence-corrected chi connectivity index (χ3v) is 5.42. The van der Waals surface area contributed by atoms with Crippen LogP contribution in [0.25, 0.3) is 5.69 Å². The summed E-state index contributed by atoms with van der Waals surface area (Å²) < 4.78 is 1.79. The molecule has 0 spiro atoms. The number of anilines is 3. The average molecular weight is 468 g/mol. The number of carbonyl (C=O) groups excluding carboxylic acids is 3. The van der Waals surface area contributed by atoms with Gasteiger partial charge in [-0.1, -0.05) is 30.3 Å². The smallest absolute Gasteiger partial charge is 0.257 e. The molecular formula is C27H25N5O3. The number of aromatic nitrogens is 2. The second-order valence-corrected chi connectivity index (χ2v) is 8.01. The maximum absolute atomic E-state index is 12.9. The van der Waals surface area contributed by atoms with E-state index in [0.717, 1.165) is 11.4 Å². The van der Waals surface area contributed by atoms with Gasteiger partial charge >= 0.3 is 0 Å². The predicted octanol–water partition coefficient (Wildman–Crippen LogP) is 4.95. The Bertz CT molecular complexity index is 1390. The van der Waals surface area contributed by atoms with E-state index in [1.165, 1.54) is 6.92 Å². The van der Waals surface area contributed by atoms with Crippen LogP contribution in [0.3, 0.4) is 0 Å². The van der Waals surface area contributed by atoms with E-state index < -0.39 is 0 Å². The van der Waals surface area contributed by atoms with Crippen LogP contribution < -0.4 is 16.0 Å². The van der Waals surface area contributed by atoms with Gasteiger partial charge in [0, 0.05) is 18.2 Å². The number of aryl methyl sites for hydroxylation is 1. The van der Waals surface area contributed by atoms with Crippen molar-refractivity contribution < 1.29 is 14.4 Å². The molecule has 0 unspecified atom stereocenters. The summed E-state index contributed by atoms with van der Waals surface area (Å²) in [5, 5.41) is 12.9. The van der Waals surface area contributed by atoms with Crippen molar-refractivity contribution >= 4 is 34.8 Å². The number of hydrogen-bond donors (Lipinski definition) is 3. The summed E-state index contributed by atoms with van der Waals surface area (Å²) in [6.45, 7) is 5.13. The minimum atomic E-state index is -0.369. The zero-order chi connectivity index (χ0) is 24.9. The highest BCUT2D eigenvalue weighted by atomic mass is 16.2. The highest BCUT2D eigenvalue weighted by molar-refractivity contribution is 6.10. The molecule has 176 valence electrons. The fraction of sp³-hybridized carbons (Fsp3) is 0.111. The molecule has 0 aliphatic rings. The molecule has 0 saturated carbocycles. The Balaban J connectivity index is 1.46. The molecule has 0 fully saturated rings. The van der Waals surface area contributed by atoms with E-state index in [2.05, 4.69) is 21.0 Å². The Morgan fingerprint density at radius 3 is 2.09 bits per heavy atom. The van der Waals surface area contributed by atoms with Gasteiger partial charge in [0.05, 0.1) is 34.0 Å². The normalized spacial score (nSPS) is 10.5. The maximum atomic E-state index is 12.9. The summed E-state index contributed by atoms with van der Waals surface area (Å²) in [7, 11) is 0. The van der Waals surface area contributed by atoms with Crippen LogP contribution >= 0.6 is 0 Å². The Labute approximate surface area is 203 Å². The van der Waals surface area contributed by atoms with E-state index in [4.69, 9.17) is 0 Å². The number of nitrogens with zero attached hydrogens (tertiary/aromatic N) is 2. The zero-order valence-corrected chi connectivity index (χ0v) is 19.6. The molecule has 4 rings (SSSR count). The van der Waals surface area contributed by atoms with Crippen LogP contribution in [0.5, 0.6) is 0 Å². The van der Waals surface area contributed by atoms with Gasteiger partial charge in [-0.3, -0.25) is 14.4 Å². The van der Waals surface area contributed by atoms with E-state index in [1.54, 1.807) is 53.2 Å². The quantitative estimate of drug-likeness (QED) is 0.373. The molecule has 4 aromatic rings. The number of amides is 3. The number of carbonyl (C=O) groups is 3. The third-order valence-electron chi connectivity index (χ3n) is 5.42. The second kappa shape index (κ2) is 10.0. The number of hydrogen-bond acceptors (Lipinski definition) is 4. The molecule has 35 heavy (non-hydrogen) atoms. The van der Waals surface area contributed by atoms with Gasteiger partial charge in [0.2, 0.25) is 5.91 Å². The molecule has 1 heterocycles. The molecule has 0 aliphatic heterocycles. The van der Waals surface area contributed by atoms with Crippen LogP contribution in [0.4, 0.5) is 17.1 Å². The largest absolute Gasteiger partial charge is 0.326 e. The lowest BCUT2D eigenvalue weighted by Crippen LogP contribution is -2.17. The summed E-state index contributed by atoms with van der Waals surface area (Å²) in [6, 6.07) is 23.0. The molecule has 0 atom stereocenters. The van der Waals surface area contributed by atoms with Gasteiger partial charge in [-0.05, 0) is 62.4 Å². The monoisotopic (exact) mass is 467 g/mol. The van der Waals surface area contributed by atoms with Crippen molar-refractivity contribution in [3.8, 4) is 5.69 Å². The lowest BCUT2D eigenvalue weighted by molar-refractivity contribution is -0.114. The maximum Gasteiger partial charge on any atom is 0.257 e. The fourth-order valence-electron chi connectivity index (χ4n) is 3.71. The molecule has 0 aliphatic carbocycles. The Hall–Kier alpha value is -4.72. The number of para-hydroxylation sites is 2. The van der Waals surface area contributed by atoms with E-state index in [0.29, 0.717) is 33.9 Å². The van der Waals surface area contributed by atoms with Crippen LogP contribution in [0, 0.1) is 13.8 Å². The molecule has 1 aromatic heterocycles. The number of benzene rings is 3. The average Bonchev–Trinajstić information content (AvgIpc) is 3.13. The van der Waals surface area contributed by atoms with Gasteiger partial charge in [0.1, 0.15) is 0 Å². The van der Waals surface area contributed by atoms with Gasteiger partial charge in [0.15, 0.2) is 0 Å². The molecular weight excluding hydrogens is 442 g/mol. The predicted molar refractivity (Wildman–Crippen MR) is 136 cm³/mol. The summed E-state index contributed by atoms with van der Waals surface area (Å²) in [5.74, 6) is -0.913. The lowest BCUT2D eigenvalue weighted by Gasteiger charge is -2.11. The van der Waals surface area contributed by atoms with E-state index >= 15 is 0 Å². The number of nitrogens with one attached hydrogen (secondary N) is 3. The molecule has 8 nitrogen and oxygen atoms in total. The Kier molecular flexibility index (Phi) is 6.73. The first-order chi connectivity index (χ1) is 16.8. The third kappa shape index (κ3) is 5.27. The molecule has 3 amide bonds. The minimum Gasteiger partial charge on any atom is -0.326 e. The number of rotatable bonds is 6. The van der Waals surface area contributed by atoms with Crippen molar-refractivity contribution in [1.82, 2.24) is 9.78 Å². The van der Waals surface area contributed by atoms with E-state index in [9.17, 15) is 14.4 Å². The van der Waals surface area contributed by atoms with Gasteiger partial charge < -0.3 is 16.0 Å². The molecule has 0 saturated heterocycles. The Morgan fingerprint density at radius 2 is 1.40 bits per heavy atom. The van der Waals surface area contributed by atoms with Crippen molar-refractivity contribution in [2.24, 2.45) is 0 Å². The first-order valence-electron chi connectivity index (χ1n) is 11.0. The second-order valence-electron chi connectivity index (χ2n) is 8.01. The van der Waals surface area contributed by atoms with Crippen LogP contribution in [0.2, 0.25) is 0 Å². The summed E-state index contributed by atoms with van der Waals surface area (Å²) >= 11 is 0. The van der Waals surface area contributed by atoms with Gasteiger partial charge in [-0.15, -0.1) is 0 Å². The van der Waals surface area contributed by atoms with Crippen LogP contribution in [-0.4, -0.2) is 27.5 Å². The Morgan fingerprint density at radius 1 is 0.743 bits per heavy atom. The lowest BCUT2D eigenvalue weighted by atomic mass is 10.1. The SMILES string of the molecule is CC(=O)Nc1ccccc1C(=O)Nc1ccc(C(=O)Nc2c(C)nn(-c3ccccc3)c2C)cc1. The minimum absolute atomic E-state index is 0.264. The van der Waals surface area contributed by atoms with Crippen molar-refractivity contribution in [1.29, 1.82) is 0 Å². The summed E-state index contributed by atoms with van der Waals surface area (Å²) in [6.07, 6.45) is 0. The van der Waals surface area contributed by atoms with Crippen molar-refractivity contribution in [3.05, 3.63) is 101 Å². The topological polar surface area (TPSA) is 105 Å². The first kappa shape index (κ1) is 23.4. The zero-order valence-electron chi connectivity index (χ0n) is 19.6. The fourth-order valence-corrected chi connectivity index (χ4v) is 3.71. The van der Waals surface area contributed by atoms with Crippen molar-refractivity contribution in [3.63, 3.8) is 0 Å². The van der Waals surface area contributed by atoms with Gasteiger partial charge in [-0.2, -0.15) is 5.10 Å². The molecule has 3 N–H and O–H groups in total. The molecule has 3 aromatic carbocycles. The van der Waals surface area contributed by atoms with Crippen LogP contribution in [-0.2, 0) is 4.79 Å². The first-order valence-corrected chi connectivity index (χ1v) is 11.0.